The fraction of sp³-hybridized carbons (Fsp3) is 0.267. The van der Waals surface area contributed by atoms with Gasteiger partial charge in [-0.25, -0.2) is 4.79 Å². The number of aromatic amines is 1. The number of halogens is 1. The van der Waals surface area contributed by atoms with Crippen LogP contribution in [-0.4, -0.2) is 29.1 Å². The van der Waals surface area contributed by atoms with Crippen molar-refractivity contribution in [3.05, 3.63) is 43.3 Å². The predicted octanol–water partition coefficient (Wildman–Crippen LogP) is 3.70. The molecule has 1 N–H and O–H groups in total. The highest BCUT2D eigenvalue weighted by atomic mass is 79.9. The minimum atomic E-state index is -0.642. The zero-order chi connectivity index (χ0) is 16.4. The van der Waals surface area contributed by atoms with E-state index in [0.717, 1.165) is 3.79 Å². The van der Waals surface area contributed by atoms with Crippen LogP contribution < -0.4 is 0 Å². The summed E-state index contributed by atoms with van der Waals surface area (Å²) >= 11 is 4.55. The second-order valence-corrected chi connectivity index (χ2v) is 7.25. The van der Waals surface area contributed by atoms with Gasteiger partial charge in [0.05, 0.1) is 8.66 Å². The highest BCUT2D eigenvalue weighted by Crippen LogP contribution is 2.23. The minimum absolute atomic E-state index is 0.121. The number of carbonyl (C=O) groups is 3. The van der Waals surface area contributed by atoms with Crippen LogP contribution in [0.1, 0.15) is 48.7 Å². The lowest BCUT2D eigenvalue weighted by Crippen LogP contribution is -2.14. The molecule has 0 saturated heterocycles. The number of carbonyl (C=O) groups excluding carboxylic acids is 3. The Morgan fingerprint density at radius 2 is 1.95 bits per heavy atom. The average Bonchev–Trinajstić information content (AvgIpc) is 2.99. The molecule has 7 heteroatoms. The Morgan fingerprint density at radius 3 is 2.45 bits per heavy atom. The van der Waals surface area contributed by atoms with Crippen molar-refractivity contribution in [2.75, 3.05) is 6.61 Å². The van der Waals surface area contributed by atoms with Crippen LogP contribution in [0.25, 0.3) is 0 Å². The number of H-pyrrole nitrogens is 1. The summed E-state index contributed by atoms with van der Waals surface area (Å²) in [5.41, 5.74) is 1.86. The maximum atomic E-state index is 12.1. The number of nitrogens with one attached hydrogen (secondary N) is 1. The highest BCUT2D eigenvalue weighted by Gasteiger charge is 2.21. The Kier molecular flexibility index (Phi) is 4.97. The first kappa shape index (κ1) is 16.6. The van der Waals surface area contributed by atoms with Crippen molar-refractivity contribution >= 4 is 44.8 Å². The van der Waals surface area contributed by atoms with Crippen molar-refractivity contribution < 1.29 is 19.1 Å². The molecule has 0 bridgehead atoms. The largest absolute Gasteiger partial charge is 0.453 e. The Bertz CT molecular complexity index is 760. The molecule has 0 radical (unpaired) electrons. The van der Waals surface area contributed by atoms with Crippen molar-refractivity contribution in [3.8, 4) is 0 Å². The van der Waals surface area contributed by atoms with E-state index in [0.29, 0.717) is 21.7 Å². The van der Waals surface area contributed by atoms with E-state index < -0.39 is 5.97 Å². The third kappa shape index (κ3) is 3.36. The summed E-state index contributed by atoms with van der Waals surface area (Å²) in [6.45, 7) is 4.50. The Labute approximate surface area is 139 Å². The number of hydrogen-bond donors (Lipinski definition) is 1. The lowest BCUT2D eigenvalue weighted by Gasteiger charge is -2.03. The van der Waals surface area contributed by atoms with Gasteiger partial charge in [-0.15, -0.1) is 11.3 Å². The van der Waals surface area contributed by atoms with Gasteiger partial charge in [-0.2, -0.15) is 0 Å². The molecule has 0 aliphatic carbocycles. The summed E-state index contributed by atoms with van der Waals surface area (Å²) in [6.07, 6.45) is 0. The fourth-order valence-corrected chi connectivity index (χ4v) is 3.53. The van der Waals surface area contributed by atoms with E-state index in [9.17, 15) is 14.4 Å². The Morgan fingerprint density at radius 1 is 1.27 bits per heavy atom. The summed E-state index contributed by atoms with van der Waals surface area (Å²) in [4.78, 5) is 38.9. The lowest BCUT2D eigenvalue weighted by atomic mass is 10.1. The molecule has 116 valence electrons. The molecule has 2 heterocycles. The summed E-state index contributed by atoms with van der Waals surface area (Å²) in [5, 5.41) is 0. The van der Waals surface area contributed by atoms with Crippen molar-refractivity contribution in [1.82, 2.24) is 4.98 Å². The Hall–Kier alpha value is -1.73. The summed E-state index contributed by atoms with van der Waals surface area (Å²) in [5.74, 6) is -1.03. The molecule has 0 aliphatic rings. The molecular formula is C15H14BrNO4S. The zero-order valence-corrected chi connectivity index (χ0v) is 14.7. The van der Waals surface area contributed by atoms with E-state index in [1.165, 1.54) is 18.3 Å². The summed E-state index contributed by atoms with van der Waals surface area (Å²) in [7, 11) is 0. The number of ether oxygens (including phenoxy) is 1. The lowest BCUT2D eigenvalue weighted by molar-refractivity contribution is 0.0470. The molecule has 0 fully saturated rings. The summed E-state index contributed by atoms with van der Waals surface area (Å²) < 4.78 is 5.88. The molecule has 0 atom stereocenters. The zero-order valence-electron chi connectivity index (χ0n) is 12.3. The molecule has 22 heavy (non-hydrogen) atoms. The van der Waals surface area contributed by atoms with Crippen molar-refractivity contribution in [3.63, 3.8) is 0 Å². The number of Topliss-reactive ketones (excluding diaryl/α,β-unsaturated/α-hetero) is 2. The molecular weight excluding hydrogens is 370 g/mol. The fourth-order valence-electron chi connectivity index (χ4n) is 2.22. The standard InChI is InChI=1S/C15H14BrNO4S/c1-7-13(9(3)18)8(2)17-14(7)15(20)21-6-10(19)11-4-5-12(16)22-11/h4-5,17H,6H2,1-3H3. The van der Waals surface area contributed by atoms with Gasteiger partial charge in [0, 0.05) is 11.3 Å². The van der Waals surface area contributed by atoms with E-state index in [1.54, 1.807) is 26.0 Å². The van der Waals surface area contributed by atoms with Crippen LogP contribution >= 0.6 is 27.3 Å². The van der Waals surface area contributed by atoms with Gasteiger partial charge in [-0.3, -0.25) is 9.59 Å². The van der Waals surface area contributed by atoms with Gasteiger partial charge in [0.15, 0.2) is 12.4 Å². The second-order valence-electron chi connectivity index (χ2n) is 4.78. The summed E-state index contributed by atoms with van der Waals surface area (Å²) in [6, 6.07) is 3.43. The van der Waals surface area contributed by atoms with Gasteiger partial charge in [-0.05, 0) is 54.4 Å². The molecule has 5 nitrogen and oxygen atoms in total. The van der Waals surface area contributed by atoms with Crippen LogP contribution in [0.3, 0.4) is 0 Å². The van der Waals surface area contributed by atoms with Gasteiger partial charge in [-0.1, -0.05) is 0 Å². The number of thiophene rings is 1. The molecule has 0 spiro atoms. The third-order valence-electron chi connectivity index (χ3n) is 3.18. The molecule has 0 saturated carbocycles. The van der Waals surface area contributed by atoms with Gasteiger partial charge < -0.3 is 9.72 Å². The molecule has 0 aromatic carbocycles. The Balaban J connectivity index is 2.09. The maximum Gasteiger partial charge on any atom is 0.355 e. The minimum Gasteiger partial charge on any atom is -0.453 e. The van der Waals surface area contributed by atoms with E-state index in [1.807, 2.05) is 0 Å². The molecule has 0 amide bonds. The molecule has 2 rings (SSSR count). The van der Waals surface area contributed by atoms with Crippen molar-refractivity contribution in [2.45, 2.75) is 20.8 Å². The van der Waals surface area contributed by atoms with Crippen LogP contribution in [0.2, 0.25) is 0 Å². The maximum absolute atomic E-state index is 12.1. The quantitative estimate of drug-likeness (QED) is 0.630. The van der Waals surface area contributed by atoms with E-state index in [-0.39, 0.29) is 23.9 Å². The average molecular weight is 384 g/mol. The smallest absolute Gasteiger partial charge is 0.355 e. The van der Waals surface area contributed by atoms with Crippen molar-refractivity contribution in [1.29, 1.82) is 0 Å². The number of rotatable bonds is 5. The highest BCUT2D eigenvalue weighted by molar-refractivity contribution is 9.11. The van der Waals surface area contributed by atoms with Gasteiger partial charge in [0.2, 0.25) is 5.78 Å². The molecule has 0 unspecified atom stereocenters. The van der Waals surface area contributed by atoms with E-state index in [2.05, 4.69) is 20.9 Å². The second kappa shape index (κ2) is 6.58. The monoisotopic (exact) mass is 383 g/mol. The number of aromatic nitrogens is 1. The molecule has 0 aliphatic heterocycles. The normalized spacial score (nSPS) is 10.5. The first-order valence-electron chi connectivity index (χ1n) is 6.47. The van der Waals surface area contributed by atoms with Crippen LogP contribution in [0.5, 0.6) is 0 Å². The van der Waals surface area contributed by atoms with Crippen molar-refractivity contribution in [2.24, 2.45) is 0 Å². The first-order valence-corrected chi connectivity index (χ1v) is 8.08. The van der Waals surface area contributed by atoms with Crippen LogP contribution in [0.4, 0.5) is 0 Å². The van der Waals surface area contributed by atoms with Gasteiger partial charge in [0.25, 0.3) is 0 Å². The van der Waals surface area contributed by atoms with Gasteiger partial charge >= 0.3 is 5.97 Å². The topological polar surface area (TPSA) is 76.2 Å². The van der Waals surface area contributed by atoms with Crippen LogP contribution in [0.15, 0.2) is 15.9 Å². The number of ketones is 2. The van der Waals surface area contributed by atoms with E-state index in [4.69, 9.17) is 4.74 Å². The predicted molar refractivity (Wildman–Crippen MR) is 86.9 cm³/mol. The number of esters is 1. The SMILES string of the molecule is CC(=O)c1c(C)[nH]c(C(=O)OCC(=O)c2ccc(Br)s2)c1C. The first-order chi connectivity index (χ1) is 10.3. The van der Waals surface area contributed by atoms with E-state index >= 15 is 0 Å². The number of aryl methyl sites for hydroxylation is 1. The molecule has 2 aromatic rings. The molecule has 2 aromatic heterocycles. The number of hydrogen-bond acceptors (Lipinski definition) is 5. The third-order valence-corrected chi connectivity index (χ3v) is 4.84. The van der Waals surface area contributed by atoms with Crippen LogP contribution in [0, 0.1) is 13.8 Å². The van der Waals surface area contributed by atoms with Crippen LogP contribution in [-0.2, 0) is 4.74 Å². The van der Waals surface area contributed by atoms with Gasteiger partial charge in [0.1, 0.15) is 5.69 Å².